The van der Waals surface area contributed by atoms with Crippen LogP contribution in [0.2, 0.25) is 0 Å². The molecule has 0 aliphatic carbocycles. The van der Waals surface area contributed by atoms with E-state index in [1.54, 1.807) is 6.33 Å². The van der Waals surface area contributed by atoms with Crippen LogP contribution in [-0.2, 0) is 11.3 Å². The van der Waals surface area contributed by atoms with Gasteiger partial charge in [-0.15, -0.1) is 10.2 Å². The fraction of sp³-hybridized carbons (Fsp3) is 0.231. The van der Waals surface area contributed by atoms with Crippen LogP contribution in [0.4, 0.5) is 5.82 Å². The van der Waals surface area contributed by atoms with Crippen molar-refractivity contribution in [2.45, 2.75) is 39.4 Å². The van der Waals surface area contributed by atoms with Gasteiger partial charge in [0.25, 0.3) is 0 Å². The average molecular weight is 471 g/mol. The molecule has 0 saturated heterocycles. The van der Waals surface area contributed by atoms with E-state index in [0.717, 1.165) is 28.1 Å². The van der Waals surface area contributed by atoms with E-state index in [9.17, 15) is 10.1 Å². The van der Waals surface area contributed by atoms with E-state index in [2.05, 4.69) is 34.6 Å². The summed E-state index contributed by atoms with van der Waals surface area (Å²) in [4.78, 5) is 12.9. The van der Waals surface area contributed by atoms with Gasteiger partial charge in [0.2, 0.25) is 5.91 Å². The van der Waals surface area contributed by atoms with Gasteiger partial charge >= 0.3 is 0 Å². The molecule has 0 atom stereocenters. The number of nitrogens with zero attached hydrogens (tertiary/aromatic N) is 5. The van der Waals surface area contributed by atoms with Gasteiger partial charge in [-0.3, -0.25) is 9.36 Å². The first-order chi connectivity index (χ1) is 16.4. The fourth-order valence-corrected chi connectivity index (χ4v) is 4.68. The minimum Gasteiger partial charge on any atom is -0.326 e. The number of nitrogens with one attached hydrogen (secondary N) is 1. The lowest BCUT2D eigenvalue weighted by Gasteiger charge is -2.13. The minimum absolute atomic E-state index is 0.142. The molecule has 0 saturated carbocycles. The Kier molecular flexibility index (Phi) is 6.85. The molecule has 0 unspecified atom stereocenters. The summed E-state index contributed by atoms with van der Waals surface area (Å²) in [6.07, 6.45) is 1.66. The van der Waals surface area contributed by atoms with Crippen LogP contribution < -0.4 is 5.32 Å². The van der Waals surface area contributed by atoms with Crippen LogP contribution in [0.25, 0.3) is 5.69 Å². The summed E-state index contributed by atoms with van der Waals surface area (Å²) in [5.41, 5.74) is 6.68. The van der Waals surface area contributed by atoms with Crippen molar-refractivity contribution in [3.63, 3.8) is 0 Å². The second kappa shape index (κ2) is 9.98. The summed E-state index contributed by atoms with van der Waals surface area (Å²) in [5.74, 6) is 0.467. The Labute approximate surface area is 203 Å². The molecule has 4 aromatic rings. The zero-order valence-corrected chi connectivity index (χ0v) is 20.5. The van der Waals surface area contributed by atoms with Gasteiger partial charge in [0.15, 0.2) is 5.16 Å². The smallest absolute Gasteiger partial charge is 0.235 e. The topological polar surface area (TPSA) is 88.5 Å². The number of benzene rings is 2. The van der Waals surface area contributed by atoms with Crippen LogP contribution in [0.5, 0.6) is 0 Å². The number of carbonyl (C=O) groups is 1. The van der Waals surface area contributed by atoms with Gasteiger partial charge in [-0.25, -0.2) is 0 Å². The lowest BCUT2D eigenvalue weighted by Crippen LogP contribution is -2.19. The number of aromatic nitrogens is 4. The fourth-order valence-electron chi connectivity index (χ4n) is 3.96. The van der Waals surface area contributed by atoms with Crippen LogP contribution in [0.1, 0.15) is 33.5 Å². The van der Waals surface area contributed by atoms with Crippen molar-refractivity contribution < 1.29 is 4.79 Å². The molecule has 0 spiro atoms. The number of carbonyl (C=O) groups excluding carboxylic acids is 1. The van der Waals surface area contributed by atoms with Crippen molar-refractivity contribution >= 4 is 23.5 Å². The third-order valence-electron chi connectivity index (χ3n) is 5.84. The molecule has 2 aromatic carbocycles. The molecule has 0 fully saturated rings. The van der Waals surface area contributed by atoms with E-state index in [0.29, 0.717) is 23.1 Å². The van der Waals surface area contributed by atoms with E-state index in [1.807, 2.05) is 72.4 Å². The highest BCUT2D eigenvalue weighted by Gasteiger charge is 2.20. The third kappa shape index (κ3) is 4.75. The SMILES string of the molecule is Cc1ccc(-n2cnnc2SCC(=O)Nc2c(C#N)c(C)c(C)n2Cc2ccccc2)c(C)c1. The predicted octanol–water partition coefficient (Wildman–Crippen LogP) is 4.95. The lowest BCUT2D eigenvalue weighted by molar-refractivity contribution is -0.113. The number of aryl methyl sites for hydroxylation is 2. The van der Waals surface area contributed by atoms with Gasteiger partial charge in [0.1, 0.15) is 18.2 Å². The van der Waals surface area contributed by atoms with Crippen molar-refractivity contribution in [1.29, 1.82) is 5.26 Å². The Hall–Kier alpha value is -3.83. The second-order valence-electron chi connectivity index (χ2n) is 8.23. The molecule has 8 heteroatoms. The number of rotatable bonds is 7. The predicted molar refractivity (Wildman–Crippen MR) is 134 cm³/mol. The largest absolute Gasteiger partial charge is 0.326 e. The van der Waals surface area contributed by atoms with Crippen molar-refractivity contribution in [1.82, 2.24) is 19.3 Å². The molecule has 2 heterocycles. The molecule has 1 amide bonds. The molecule has 172 valence electrons. The van der Waals surface area contributed by atoms with Gasteiger partial charge in [-0.2, -0.15) is 5.26 Å². The standard InChI is InChI=1S/C26H26N6OS/c1-17-10-11-23(18(2)12-17)32-16-28-30-26(32)34-15-24(33)29-25-22(13-27)19(3)20(4)31(25)14-21-8-6-5-7-9-21/h5-12,16H,14-15H2,1-4H3,(H,29,33). The zero-order chi connectivity index (χ0) is 24.2. The Morgan fingerprint density at radius 1 is 1.12 bits per heavy atom. The average Bonchev–Trinajstić information content (AvgIpc) is 3.37. The van der Waals surface area contributed by atoms with Crippen molar-refractivity contribution in [2.75, 3.05) is 11.1 Å². The molecule has 7 nitrogen and oxygen atoms in total. The Balaban J connectivity index is 1.53. The van der Waals surface area contributed by atoms with E-state index >= 15 is 0 Å². The van der Waals surface area contributed by atoms with Crippen molar-refractivity contribution in [3.8, 4) is 11.8 Å². The summed E-state index contributed by atoms with van der Waals surface area (Å²) in [6.45, 7) is 8.54. The van der Waals surface area contributed by atoms with Crippen molar-refractivity contribution in [3.05, 3.63) is 88.4 Å². The second-order valence-corrected chi connectivity index (χ2v) is 9.17. The molecule has 0 radical (unpaired) electrons. The molecule has 34 heavy (non-hydrogen) atoms. The molecular weight excluding hydrogens is 444 g/mol. The number of anilines is 1. The number of thioether (sulfide) groups is 1. The van der Waals surface area contributed by atoms with Crippen LogP contribution in [-0.4, -0.2) is 31.0 Å². The van der Waals surface area contributed by atoms with Gasteiger partial charge < -0.3 is 9.88 Å². The Bertz CT molecular complexity index is 1380. The molecule has 0 bridgehead atoms. The van der Waals surface area contributed by atoms with Crippen LogP contribution in [0.3, 0.4) is 0 Å². The van der Waals surface area contributed by atoms with E-state index in [1.165, 1.54) is 17.3 Å². The third-order valence-corrected chi connectivity index (χ3v) is 6.79. The molecule has 1 N–H and O–H groups in total. The first-order valence-electron chi connectivity index (χ1n) is 10.9. The number of amides is 1. The monoisotopic (exact) mass is 470 g/mol. The maximum Gasteiger partial charge on any atom is 0.235 e. The number of hydrogen-bond acceptors (Lipinski definition) is 5. The van der Waals surface area contributed by atoms with Crippen LogP contribution >= 0.6 is 11.8 Å². The van der Waals surface area contributed by atoms with E-state index in [-0.39, 0.29) is 11.7 Å². The zero-order valence-electron chi connectivity index (χ0n) is 19.7. The first kappa shape index (κ1) is 23.3. The van der Waals surface area contributed by atoms with Crippen LogP contribution in [0, 0.1) is 39.0 Å². The maximum atomic E-state index is 12.9. The lowest BCUT2D eigenvalue weighted by atomic mass is 10.1. The summed E-state index contributed by atoms with van der Waals surface area (Å²) in [5, 5.41) is 21.6. The number of nitriles is 1. The molecule has 0 aliphatic rings. The summed E-state index contributed by atoms with van der Waals surface area (Å²) < 4.78 is 3.88. The molecular formula is C26H26N6OS. The Morgan fingerprint density at radius 2 is 1.88 bits per heavy atom. The molecule has 2 aromatic heterocycles. The first-order valence-corrected chi connectivity index (χ1v) is 11.9. The minimum atomic E-state index is -0.205. The summed E-state index contributed by atoms with van der Waals surface area (Å²) >= 11 is 1.31. The molecule has 4 rings (SSSR count). The van der Waals surface area contributed by atoms with Crippen LogP contribution in [0.15, 0.2) is 60.0 Å². The molecule has 0 aliphatic heterocycles. The van der Waals surface area contributed by atoms with E-state index < -0.39 is 0 Å². The summed E-state index contributed by atoms with van der Waals surface area (Å²) in [6, 6.07) is 18.4. The summed E-state index contributed by atoms with van der Waals surface area (Å²) in [7, 11) is 0. The van der Waals surface area contributed by atoms with Gasteiger partial charge in [0.05, 0.1) is 17.0 Å². The highest BCUT2D eigenvalue weighted by atomic mass is 32.2. The highest BCUT2D eigenvalue weighted by molar-refractivity contribution is 7.99. The van der Waals surface area contributed by atoms with Gasteiger partial charge in [-0.05, 0) is 50.5 Å². The highest BCUT2D eigenvalue weighted by Crippen LogP contribution is 2.28. The van der Waals surface area contributed by atoms with Crippen molar-refractivity contribution in [2.24, 2.45) is 0 Å². The normalized spacial score (nSPS) is 10.8. The van der Waals surface area contributed by atoms with E-state index in [4.69, 9.17) is 0 Å². The maximum absolute atomic E-state index is 12.9. The Morgan fingerprint density at radius 3 is 2.59 bits per heavy atom. The quantitative estimate of drug-likeness (QED) is 0.386. The van der Waals surface area contributed by atoms with Gasteiger partial charge in [-0.1, -0.05) is 59.8 Å². The number of hydrogen-bond donors (Lipinski definition) is 1. The van der Waals surface area contributed by atoms with Gasteiger partial charge in [0, 0.05) is 12.2 Å².